The van der Waals surface area contributed by atoms with Crippen LogP contribution in [0.15, 0.2) is 42.6 Å². The topological polar surface area (TPSA) is 73.1 Å². The Kier molecular flexibility index (Phi) is 3.19. The number of pyridine rings is 1. The van der Waals surface area contributed by atoms with E-state index in [9.17, 15) is 9.59 Å². The highest BCUT2D eigenvalue weighted by Gasteiger charge is 2.06. The maximum atomic E-state index is 11.3. The lowest BCUT2D eigenvalue weighted by Gasteiger charge is -2.04. The Labute approximate surface area is 104 Å². The van der Waals surface area contributed by atoms with Gasteiger partial charge in [0.1, 0.15) is 0 Å². The molecule has 0 spiro atoms. The zero-order valence-electron chi connectivity index (χ0n) is 9.88. The van der Waals surface area contributed by atoms with Crippen molar-refractivity contribution >= 4 is 11.7 Å². The number of amides is 1. The molecule has 0 fully saturated rings. The van der Waals surface area contributed by atoms with Crippen molar-refractivity contribution in [3.63, 3.8) is 0 Å². The molecule has 1 aromatic carbocycles. The molecule has 4 nitrogen and oxygen atoms in total. The van der Waals surface area contributed by atoms with Gasteiger partial charge in [-0.05, 0) is 25.1 Å². The first-order valence-corrected chi connectivity index (χ1v) is 5.45. The summed E-state index contributed by atoms with van der Waals surface area (Å²) >= 11 is 0. The number of carbonyl (C=O) groups excluding carboxylic acids is 2. The average Bonchev–Trinajstić information content (AvgIpc) is 2.39. The number of benzene rings is 1. The molecule has 0 radical (unpaired) electrons. The number of carbonyl (C=O) groups is 2. The van der Waals surface area contributed by atoms with Gasteiger partial charge in [-0.15, -0.1) is 0 Å². The van der Waals surface area contributed by atoms with E-state index < -0.39 is 5.91 Å². The summed E-state index contributed by atoms with van der Waals surface area (Å²) in [6.45, 7) is 1.51. The standard InChI is InChI=1S/C14H12N2O2/c1-9(17)10-3-2-4-11(7-10)13-8-12(14(15)18)5-6-16-13/h2-8H,1H3,(H2,15,18). The Morgan fingerprint density at radius 3 is 2.56 bits per heavy atom. The lowest BCUT2D eigenvalue weighted by molar-refractivity contribution is 0.0996. The van der Waals surface area contributed by atoms with Gasteiger partial charge in [0, 0.05) is 22.9 Å². The summed E-state index contributed by atoms with van der Waals surface area (Å²) in [4.78, 5) is 26.6. The highest BCUT2D eigenvalue weighted by Crippen LogP contribution is 2.19. The SMILES string of the molecule is CC(=O)c1cccc(-c2cc(C(N)=O)ccn2)c1. The van der Waals surface area contributed by atoms with E-state index in [1.807, 2.05) is 6.07 Å². The fraction of sp³-hybridized carbons (Fsp3) is 0.0714. The molecule has 4 heteroatoms. The first-order valence-electron chi connectivity index (χ1n) is 5.45. The minimum absolute atomic E-state index is 0.0112. The van der Waals surface area contributed by atoms with Gasteiger partial charge in [0.25, 0.3) is 0 Å². The predicted octanol–water partition coefficient (Wildman–Crippen LogP) is 2.05. The second-order valence-corrected chi connectivity index (χ2v) is 3.93. The van der Waals surface area contributed by atoms with Crippen LogP contribution in [0.1, 0.15) is 27.6 Å². The molecule has 0 aliphatic carbocycles. The average molecular weight is 240 g/mol. The molecule has 0 atom stereocenters. The first kappa shape index (κ1) is 12.0. The molecule has 0 bridgehead atoms. The number of ketones is 1. The molecule has 18 heavy (non-hydrogen) atoms. The first-order chi connectivity index (χ1) is 8.58. The van der Waals surface area contributed by atoms with Gasteiger partial charge in [0.05, 0.1) is 5.69 Å². The van der Waals surface area contributed by atoms with Crippen molar-refractivity contribution in [3.05, 3.63) is 53.7 Å². The van der Waals surface area contributed by atoms with Crippen molar-refractivity contribution in [1.82, 2.24) is 4.98 Å². The van der Waals surface area contributed by atoms with E-state index in [0.29, 0.717) is 16.8 Å². The minimum atomic E-state index is -0.499. The van der Waals surface area contributed by atoms with Crippen LogP contribution in [0.5, 0.6) is 0 Å². The van der Waals surface area contributed by atoms with E-state index >= 15 is 0 Å². The van der Waals surface area contributed by atoms with Crippen LogP contribution in [0.25, 0.3) is 11.3 Å². The zero-order valence-corrected chi connectivity index (χ0v) is 9.88. The van der Waals surface area contributed by atoms with Gasteiger partial charge in [-0.2, -0.15) is 0 Å². The van der Waals surface area contributed by atoms with Crippen LogP contribution in [0.3, 0.4) is 0 Å². The van der Waals surface area contributed by atoms with Gasteiger partial charge in [0.15, 0.2) is 5.78 Å². The van der Waals surface area contributed by atoms with E-state index in [-0.39, 0.29) is 5.78 Å². The summed E-state index contributed by atoms with van der Waals surface area (Å²) in [6.07, 6.45) is 1.52. The van der Waals surface area contributed by atoms with Gasteiger partial charge >= 0.3 is 0 Å². The Morgan fingerprint density at radius 2 is 1.89 bits per heavy atom. The number of rotatable bonds is 3. The maximum Gasteiger partial charge on any atom is 0.248 e. The molecule has 1 heterocycles. The number of nitrogens with zero attached hydrogens (tertiary/aromatic N) is 1. The third-order valence-electron chi connectivity index (χ3n) is 2.61. The van der Waals surface area contributed by atoms with Gasteiger partial charge in [-0.25, -0.2) is 0 Å². The number of nitrogens with two attached hydrogens (primary N) is 1. The summed E-state index contributed by atoms with van der Waals surface area (Å²) < 4.78 is 0. The summed E-state index contributed by atoms with van der Waals surface area (Å²) in [5, 5.41) is 0. The molecule has 2 aromatic rings. The van der Waals surface area contributed by atoms with Crippen molar-refractivity contribution in [1.29, 1.82) is 0 Å². The Morgan fingerprint density at radius 1 is 1.11 bits per heavy atom. The van der Waals surface area contributed by atoms with Gasteiger partial charge < -0.3 is 5.73 Å². The van der Waals surface area contributed by atoms with Crippen molar-refractivity contribution in [2.24, 2.45) is 5.73 Å². The number of hydrogen-bond donors (Lipinski definition) is 1. The maximum absolute atomic E-state index is 11.3. The predicted molar refractivity (Wildman–Crippen MR) is 68.2 cm³/mol. The molecule has 1 aromatic heterocycles. The van der Waals surface area contributed by atoms with Crippen LogP contribution in [0, 0.1) is 0 Å². The highest BCUT2D eigenvalue weighted by molar-refractivity contribution is 5.96. The fourth-order valence-corrected chi connectivity index (χ4v) is 1.64. The van der Waals surface area contributed by atoms with Crippen LogP contribution in [0.2, 0.25) is 0 Å². The number of Topliss-reactive ketones (excluding diaryl/α,β-unsaturated/α-hetero) is 1. The van der Waals surface area contributed by atoms with Crippen LogP contribution in [-0.4, -0.2) is 16.7 Å². The quantitative estimate of drug-likeness (QED) is 0.834. The van der Waals surface area contributed by atoms with E-state index in [1.165, 1.54) is 13.1 Å². The van der Waals surface area contributed by atoms with Crippen molar-refractivity contribution < 1.29 is 9.59 Å². The second kappa shape index (κ2) is 4.79. The van der Waals surface area contributed by atoms with Crippen molar-refractivity contribution in [2.45, 2.75) is 6.92 Å². The molecule has 2 N–H and O–H groups in total. The van der Waals surface area contributed by atoms with Crippen LogP contribution < -0.4 is 5.73 Å². The van der Waals surface area contributed by atoms with E-state index in [0.717, 1.165) is 5.56 Å². The molecule has 90 valence electrons. The van der Waals surface area contributed by atoms with Crippen LogP contribution >= 0.6 is 0 Å². The van der Waals surface area contributed by atoms with Gasteiger partial charge in [-0.1, -0.05) is 18.2 Å². The molecule has 1 amide bonds. The molecular weight excluding hydrogens is 228 g/mol. The van der Waals surface area contributed by atoms with Crippen LogP contribution in [-0.2, 0) is 0 Å². The Bertz CT molecular complexity index is 565. The Hall–Kier alpha value is -2.49. The van der Waals surface area contributed by atoms with E-state index in [1.54, 1.807) is 30.3 Å². The largest absolute Gasteiger partial charge is 0.366 e. The zero-order chi connectivity index (χ0) is 13.1. The number of aromatic nitrogens is 1. The second-order valence-electron chi connectivity index (χ2n) is 3.93. The highest BCUT2D eigenvalue weighted by atomic mass is 16.1. The molecule has 0 saturated heterocycles. The fourth-order valence-electron chi connectivity index (χ4n) is 1.64. The van der Waals surface area contributed by atoms with E-state index in [2.05, 4.69) is 4.98 Å². The number of hydrogen-bond acceptors (Lipinski definition) is 3. The lowest BCUT2D eigenvalue weighted by Crippen LogP contribution is -2.11. The summed E-state index contributed by atoms with van der Waals surface area (Å²) in [7, 11) is 0. The van der Waals surface area contributed by atoms with Gasteiger partial charge in [0.2, 0.25) is 5.91 Å². The summed E-state index contributed by atoms with van der Waals surface area (Å²) in [5.74, 6) is -0.510. The molecule has 0 aliphatic heterocycles. The summed E-state index contributed by atoms with van der Waals surface area (Å²) in [6, 6.07) is 10.3. The monoisotopic (exact) mass is 240 g/mol. The van der Waals surface area contributed by atoms with Crippen molar-refractivity contribution in [2.75, 3.05) is 0 Å². The lowest BCUT2D eigenvalue weighted by atomic mass is 10.0. The Balaban J connectivity index is 2.48. The van der Waals surface area contributed by atoms with Crippen LogP contribution in [0.4, 0.5) is 0 Å². The molecule has 0 saturated carbocycles. The molecule has 0 aliphatic rings. The molecule has 0 unspecified atom stereocenters. The smallest absolute Gasteiger partial charge is 0.248 e. The molecule has 2 rings (SSSR count). The normalized spacial score (nSPS) is 10.1. The van der Waals surface area contributed by atoms with Gasteiger partial charge in [-0.3, -0.25) is 14.6 Å². The third kappa shape index (κ3) is 2.43. The molecular formula is C14H12N2O2. The summed E-state index contributed by atoms with van der Waals surface area (Å²) in [5.41, 5.74) is 7.63. The van der Waals surface area contributed by atoms with E-state index in [4.69, 9.17) is 5.73 Å². The van der Waals surface area contributed by atoms with Crippen molar-refractivity contribution in [3.8, 4) is 11.3 Å². The third-order valence-corrected chi connectivity index (χ3v) is 2.61. The minimum Gasteiger partial charge on any atom is -0.366 e. The number of primary amides is 1.